The molecule has 5 nitrogen and oxygen atoms in total. The van der Waals surface area contributed by atoms with Crippen LogP contribution in [0.5, 0.6) is 0 Å². The monoisotopic (exact) mass is 269 g/mol. The molecular formula is C11H12FN3O2S. The molecule has 0 bridgehead atoms. The first-order valence-electron chi connectivity index (χ1n) is 5.18. The van der Waals surface area contributed by atoms with E-state index in [-0.39, 0.29) is 10.6 Å². The van der Waals surface area contributed by atoms with E-state index in [9.17, 15) is 12.8 Å². The Morgan fingerprint density at radius 1 is 1.33 bits per heavy atom. The number of para-hydroxylation sites is 1. The zero-order chi connectivity index (χ0) is 13.3. The Balaban J connectivity index is 2.40. The molecule has 0 atom stereocenters. The number of hydrogen-bond acceptors (Lipinski definition) is 3. The Kier molecular flexibility index (Phi) is 3.08. The number of aryl methyl sites for hydroxylation is 2. The van der Waals surface area contributed by atoms with Gasteiger partial charge in [0.25, 0.3) is 10.0 Å². The van der Waals surface area contributed by atoms with Gasteiger partial charge in [-0.05, 0) is 19.1 Å². The average Bonchev–Trinajstić information content (AvgIpc) is 2.62. The van der Waals surface area contributed by atoms with E-state index < -0.39 is 15.8 Å². The Bertz CT molecular complexity index is 679. The lowest BCUT2D eigenvalue weighted by atomic mass is 10.3. The molecule has 1 N–H and O–H groups in total. The maximum atomic E-state index is 13.4. The number of halogens is 1. The molecule has 1 aromatic carbocycles. The summed E-state index contributed by atoms with van der Waals surface area (Å²) in [5.41, 5.74) is 0.280. The number of aromatic nitrogens is 2. The van der Waals surface area contributed by atoms with Crippen molar-refractivity contribution < 1.29 is 12.8 Å². The van der Waals surface area contributed by atoms with E-state index in [0.29, 0.717) is 5.69 Å². The molecule has 0 amide bonds. The highest BCUT2D eigenvalue weighted by Crippen LogP contribution is 2.20. The number of rotatable bonds is 3. The summed E-state index contributed by atoms with van der Waals surface area (Å²) in [6, 6.07) is 5.59. The largest absolute Gasteiger partial charge is 0.277 e. The number of anilines is 1. The van der Waals surface area contributed by atoms with Crippen LogP contribution in [0.25, 0.3) is 0 Å². The second-order valence-electron chi connectivity index (χ2n) is 3.84. The molecule has 0 aliphatic carbocycles. The molecule has 0 spiro atoms. The Morgan fingerprint density at radius 2 is 2.00 bits per heavy atom. The van der Waals surface area contributed by atoms with Crippen molar-refractivity contribution >= 4 is 15.7 Å². The fourth-order valence-electron chi connectivity index (χ4n) is 1.59. The van der Waals surface area contributed by atoms with Gasteiger partial charge in [0.05, 0.1) is 11.4 Å². The minimum absolute atomic E-state index is 0.0354. The summed E-state index contributed by atoms with van der Waals surface area (Å²) >= 11 is 0. The third-order valence-electron chi connectivity index (χ3n) is 2.38. The molecule has 0 unspecified atom stereocenters. The molecule has 0 fully saturated rings. The van der Waals surface area contributed by atoms with Crippen LogP contribution in [0, 0.1) is 12.7 Å². The Labute approximate surface area is 104 Å². The zero-order valence-electron chi connectivity index (χ0n) is 9.88. The zero-order valence-corrected chi connectivity index (χ0v) is 10.7. The van der Waals surface area contributed by atoms with Gasteiger partial charge in [-0.1, -0.05) is 12.1 Å². The van der Waals surface area contributed by atoms with Crippen LogP contribution < -0.4 is 4.72 Å². The third kappa shape index (κ3) is 2.35. The van der Waals surface area contributed by atoms with Crippen LogP contribution in [-0.2, 0) is 17.1 Å². The SMILES string of the molecule is Cc1nn(C)cc1S(=O)(=O)Nc1ccccc1F. The van der Waals surface area contributed by atoms with Crippen LogP contribution in [0.15, 0.2) is 35.4 Å². The van der Waals surface area contributed by atoms with Gasteiger partial charge < -0.3 is 0 Å². The first-order valence-corrected chi connectivity index (χ1v) is 6.66. The molecule has 0 radical (unpaired) electrons. The summed E-state index contributed by atoms with van der Waals surface area (Å²) in [4.78, 5) is 0.0354. The maximum Gasteiger partial charge on any atom is 0.265 e. The van der Waals surface area contributed by atoms with Gasteiger partial charge in [-0.2, -0.15) is 5.10 Å². The normalized spacial score (nSPS) is 11.5. The van der Waals surface area contributed by atoms with Gasteiger partial charge in [-0.3, -0.25) is 9.40 Å². The first kappa shape index (κ1) is 12.6. The first-order chi connectivity index (χ1) is 8.40. The smallest absolute Gasteiger partial charge is 0.265 e. The number of hydrogen-bond donors (Lipinski definition) is 1. The molecule has 1 heterocycles. The van der Waals surface area contributed by atoms with E-state index in [1.165, 1.54) is 29.1 Å². The molecule has 96 valence electrons. The summed E-state index contributed by atoms with van der Waals surface area (Å²) < 4.78 is 41.1. The standard InChI is InChI=1S/C11H12FN3O2S/c1-8-11(7-15(2)13-8)18(16,17)14-10-6-4-3-5-9(10)12/h3-7,14H,1-2H3. The van der Waals surface area contributed by atoms with Crippen molar-refractivity contribution in [2.45, 2.75) is 11.8 Å². The van der Waals surface area contributed by atoms with Crippen LogP contribution in [-0.4, -0.2) is 18.2 Å². The highest BCUT2D eigenvalue weighted by Gasteiger charge is 2.20. The van der Waals surface area contributed by atoms with Crippen molar-refractivity contribution in [3.63, 3.8) is 0 Å². The highest BCUT2D eigenvalue weighted by atomic mass is 32.2. The number of nitrogens with zero attached hydrogens (tertiary/aromatic N) is 2. The predicted octanol–water partition coefficient (Wildman–Crippen LogP) is 1.67. The van der Waals surface area contributed by atoms with Crippen LogP contribution in [0.4, 0.5) is 10.1 Å². The minimum atomic E-state index is -3.82. The molecule has 2 rings (SSSR count). The number of nitrogens with one attached hydrogen (secondary N) is 1. The van der Waals surface area contributed by atoms with Crippen molar-refractivity contribution in [1.29, 1.82) is 0 Å². The average molecular weight is 269 g/mol. The van der Waals surface area contributed by atoms with Crippen LogP contribution in [0.1, 0.15) is 5.69 Å². The van der Waals surface area contributed by atoms with Crippen molar-refractivity contribution in [1.82, 2.24) is 9.78 Å². The van der Waals surface area contributed by atoms with Crippen molar-refractivity contribution in [3.05, 3.63) is 42.0 Å². The van der Waals surface area contributed by atoms with Gasteiger partial charge in [0.1, 0.15) is 10.7 Å². The number of sulfonamides is 1. The topological polar surface area (TPSA) is 64.0 Å². The summed E-state index contributed by atoms with van der Waals surface area (Å²) in [7, 11) is -2.20. The number of benzene rings is 1. The van der Waals surface area contributed by atoms with Crippen LogP contribution in [0.3, 0.4) is 0 Å². The van der Waals surface area contributed by atoms with Gasteiger partial charge >= 0.3 is 0 Å². The molecule has 1 aromatic heterocycles. The van der Waals surface area contributed by atoms with Gasteiger partial charge in [0.15, 0.2) is 0 Å². The van der Waals surface area contributed by atoms with Crippen molar-refractivity contribution in [2.24, 2.45) is 7.05 Å². The van der Waals surface area contributed by atoms with E-state index in [1.807, 2.05) is 0 Å². The lowest BCUT2D eigenvalue weighted by Gasteiger charge is -2.07. The Morgan fingerprint density at radius 3 is 2.56 bits per heavy atom. The fourth-order valence-corrected chi connectivity index (χ4v) is 2.87. The highest BCUT2D eigenvalue weighted by molar-refractivity contribution is 7.92. The summed E-state index contributed by atoms with van der Waals surface area (Å²) in [5.74, 6) is -0.623. The molecule has 18 heavy (non-hydrogen) atoms. The summed E-state index contributed by atoms with van der Waals surface area (Å²) in [5, 5.41) is 3.95. The van der Waals surface area contributed by atoms with E-state index in [4.69, 9.17) is 0 Å². The maximum absolute atomic E-state index is 13.4. The second kappa shape index (κ2) is 4.41. The quantitative estimate of drug-likeness (QED) is 0.921. The van der Waals surface area contributed by atoms with Crippen molar-refractivity contribution in [2.75, 3.05) is 4.72 Å². The van der Waals surface area contributed by atoms with Crippen molar-refractivity contribution in [3.8, 4) is 0 Å². The van der Waals surface area contributed by atoms with Crippen LogP contribution >= 0.6 is 0 Å². The van der Waals surface area contributed by atoms with Gasteiger partial charge in [0, 0.05) is 13.2 Å². The van der Waals surface area contributed by atoms with E-state index in [0.717, 1.165) is 0 Å². The third-order valence-corrected chi connectivity index (χ3v) is 3.84. The predicted molar refractivity (Wildman–Crippen MR) is 65.2 cm³/mol. The van der Waals surface area contributed by atoms with Gasteiger partial charge in [0.2, 0.25) is 0 Å². The molecule has 7 heteroatoms. The minimum Gasteiger partial charge on any atom is -0.277 e. The molecule has 0 saturated heterocycles. The molecule has 0 aliphatic heterocycles. The summed E-state index contributed by atoms with van der Waals surface area (Å²) in [6.07, 6.45) is 1.37. The van der Waals surface area contributed by atoms with Crippen LogP contribution in [0.2, 0.25) is 0 Å². The summed E-state index contributed by atoms with van der Waals surface area (Å²) in [6.45, 7) is 1.58. The Hall–Kier alpha value is -1.89. The molecule has 0 saturated carbocycles. The van der Waals surface area contributed by atoms with E-state index in [2.05, 4.69) is 9.82 Å². The lowest BCUT2D eigenvalue weighted by Crippen LogP contribution is -2.14. The van der Waals surface area contributed by atoms with Gasteiger partial charge in [-0.25, -0.2) is 12.8 Å². The van der Waals surface area contributed by atoms with Gasteiger partial charge in [-0.15, -0.1) is 0 Å². The van der Waals surface area contributed by atoms with E-state index >= 15 is 0 Å². The van der Waals surface area contributed by atoms with E-state index in [1.54, 1.807) is 20.0 Å². The molecule has 2 aromatic rings. The fraction of sp³-hybridized carbons (Fsp3) is 0.182. The second-order valence-corrected chi connectivity index (χ2v) is 5.49. The molecular weight excluding hydrogens is 257 g/mol. The lowest BCUT2D eigenvalue weighted by molar-refractivity contribution is 0.598. The molecule has 0 aliphatic rings.